The lowest BCUT2D eigenvalue weighted by Crippen LogP contribution is -2.31. The molecule has 1 saturated carbocycles. The average molecular weight is 278 g/mol. The molecule has 2 nitrogen and oxygen atoms in total. The van der Waals surface area contributed by atoms with Crippen molar-refractivity contribution in [3.8, 4) is 0 Å². The minimum atomic E-state index is 0.359. The first kappa shape index (κ1) is 12.9. The molecule has 1 heterocycles. The van der Waals surface area contributed by atoms with Gasteiger partial charge in [0.05, 0.1) is 0 Å². The molecule has 0 aromatic heterocycles. The normalized spacial score (nSPS) is 24.3. The van der Waals surface area contributed by atoms with Gasteiger partial charge in [0.1, 0.15) is 0 Å². The van der Waals surface area contributed by atoms with E-state index in [1.807, 2.05) is 0 Å². The fraction of sp³-hybridized carbons (Fsp3) is 0.368. The maximum absolute atomic E-state index is 6.18. The lowest BCUT2D eigenvalue weighted by Gasteiger charge is -2.33. The van der Waals surface area contributed by atoms with Crippen molar-refractivity contribution >= 4 is 11.4 Å². The molecule has 2 aliphatic rings. The van der Waals surface area contributed by atoms with Gasteiger partial charge in [-0.2, -0.15) is 0 Å². The standard InChI is InChI=1S/C19H22N2/c20-16-11-12-17(13-16)21-18-7-3-1-5-14(18)9-10-15-6-2-4-8-19(15)21/h1-8,16-17H,9-13,20H2/t16-,17+/m0/s1. The van der Waals surface area contributed by atoms with Crippen LogP contribution in [0.15, 0.2) is 48.5 Å². The molecule has 1 aliphatic carbocycles. The Labute approximate surface area is 126 Å². The van der Waals surface area contributed by atoms with Crippen LogP contribution in [0.2, 0.25) is 0 Å². The first-order chi connectivity index (χ1) is 10.3. The van der Waals surface area contributed by atoms with Gasteiger partial charge in [0, 0.05) is 23.5 Å². The molecule has 108 valence electrons. The summed E-state index contributed by atoms with van der Waals surface area (Å²) >= 11 is 0. The van der Waals surface area contributed by atoms with E-state index in [1.165, 1.54) is 28.9 Å². The summed E-state index contributed by atoms with van der Waals surface area (Å²) in [5.41, 5.74) is 11.9. The highest BCUT2D eigenvalue weighted by molar-refractivity contribution is 5.72. The van der Waals surface area contributed by atoms with Gasteiger partial charge in [0.2, 0.25) is 0 Å². The quantitative estimate of drug-likeness (QED) is 0.859. The largest absolute Gasteiger partial charge is 0.338 e. The number of aryl methyl sites for hydroxylation is 2. The molecule has 21 heavy (non-hydrogen) atoms. The van der Waals surface area contributed by atoms with E-state index in [-0.39, 0.29) is 0 Å². The number of para-hydroxylation sites is 2. The van der Waals surface area contributed by atoms with E-state index < -0.39 is 0 Å². The Morgan fingerprint density at radius 3 is 1.90 bits per heavy atom. The minimum Gasteiger partial charge on any atom is -0.338 e. The van der Waals surface area contributed by atoms with Crippen LogP contribution in [0.1, 0.15) is 30.4 Å². The average Bonchev–Trinajstić information content (AvgIpc) is 2.86. The van der Waals surface area contributed by atoms with Crippen molar-refractivity contribution in [2.45, 2.75) is 44.2 Å². The van der Waals surface area contributed by atoms with E-state index in [9.17, 15) is 0 Å². The molecule has 4 rings (SSSR count). The fourth-order valence-corrected chi connectivity index (χ4v) is 3.93. The first-order valence-electron chi connectivity index (χ1n) is 8.03. The van der Waals surface area contributed by atoms with Gasteiger partial charge in [-0.3, -0.25) is 0 Å². The van der Waals surface area contributed by atoms with Crippen molar-refractivity contribution in [3.63, 3.8) is 0 Å². The predicted molar refractivity (Wildman–Crippen MR) is 88.0 cm³/mol. The maximum atomic E-state index is 6.18. The SMILES string of the molecule is N[C@H]1CC[C@@H](N2c3ccccc3CCc3ccccc32)C1. The monoisotopic (exact) mass is 278 g/mol. The lowest BCUT2D eigenvalue weighted by molar-refractivity contribution is 0.649. The molecule has 2 heteroatoms. The summed E-state index contributed by atoms with van der Waals surface area (Å²) in [5, 5.41) is 0. The highest BCUT2D eigenvalue weighted by Gasteiger charge is 2.31. The van der Waals surface area contributed by atoms with Crippen LogP contribution in [0.25, 0.3) is 0 Å². The van der Waals surface area contributed by atoms with Gasteiger partial charge in [0.15, 0.2) is 0 Å². The maximum Gasteiger partial charge on any atom is 0.0446 e. The van der Waals surface area contributed by atoms with Crippen LogP contribution in [0.3, 0.4) is 0 Å². The van der Waals surface area contributed by atoms with E-state index in [1.54, 1.807) is 0 Å². The fourth-order valence-electron chi connectivity index (χ4n) is 3.93. The van der Waals surface area contributed by atoms with Crippen molar-refractivity contribution < 1.29 is 0 Å². The molecule has 2 aromatic carbocycles. The van der Waals surface area contributed by atoms with E-state index in [0.717, 1.165) is 25.7 Å². The second-order valence-electron chi connectivity index (χ2n) is 6.35. The number of anilines is 2. The van der Waals surface area contributed by atoms with Gasteiger partial charge >= 0.3 is 0 Å². The molecule has 2 N–H and O–H groups in total. The Kier molecular flexibility index (Phi) is 3.19. The minimum absolute atomic E-state index is 0.359. The highest BCUT2D eigenvalue weighted by atomic mass is 15.2. The Morgan fingerprint density at radius 2 is 1.38 bits per heavy atom. The number of hydrogen-bond acceptors (Lipinski definition) is 2. The zero-order chi connectivity index (χ0) is 14.2. The van der Waals surface area contributed by atoms with Gasteiger partial charge in [0.25, 0.3) is 0 Å². The molecule has 0 bridgehead atoms. The summed E-state index contributed by atoms with van der Waals surface area (Å²) in [6.45, 7) is 0. The second kappa shape index (κ2) is 5.19. The Balaban J connectivity index is 1.86. The smallest absolute Gasteiger partial charge is 0.0446 e. The molecule has 1 fully saturated rings. The van der Waals surface area contributed by atoms with Crippen LogP contribution in [0, 0.1) is 0 Å². The van der Waals surface area contributed by atoms with Crippen LogP contribution in [-0.2, 0) is 12.8 Å². The van der Waals surface area contributed by atoms with Crippen LogP contribution in [0.5, 0.6) is 0 Å². The molecule has 0 amide bonds. The van der Waals surface area contributed by atoms with Crippen LogP contribution in [-0.4, -0.2) is 12.1 Å². The molecule has 1 aliphatic heterocycles. The zero-order valence-corrected chi connectivity index (χ0v) is 12.3. The first-order valence-corrected chi connectivity index (χ1v) is 8.03. The lowest BCUT2D eigenvalue weighted by atomic mass is 10.0. The van der Waals surface area contributed by atoms with Gasteiger partial charge in [-0.05, 0) is 55.4 Å². The van der Waals surface area contributed by atoms with E-state index in [2.05, 4.69) is 53.4 Å². The van der Waals surface area contributed by atoms with Crippen molar-refractivity contribution in [3.05, 3.63) is 59.7 Å². The van der Waals surface area contributed by atoms with E-state index in [4.69, 9.17) is 5.73 Å². The molecule has 0 radical (unpaired) electrons. The third-order valence-corrected chi connectivity index (χ3v) is 4.98. The molecular formula is C19H22N2. The second-order valence-corrected chi connectivity index (χ2v) is 6.35. The van der Waals surface area contributed by atoms with Crippen molar-refractivity contribution in [2.24, 2.45) is 5.73 Å². The Hall–Kier alpha value is -1.80. The summed E-state index contributed by atoms with van der Waals surface area (Å²) in [6.07, 6.45) is 5.70. The summed E-state index contributed by atoms with van der Waals surface area (Å²) in [6, 6.07) is 18.7. The van der Waals surface area contributed by atoms with Gasteiger partial charge < -0.3 is 10.6 Å². The number of nitrogens with two attached hydrogens (primary N) is 1. The molecule has 0 saturated heterocycles. The van der Waals surface area contributed by atoms with Crippen molar-refractivity contribution in [2.75, 3.05) is 4.90 Å². The van der Waals surface area contributed by atoms with Gasteiger partial charge in [-0.1, -0.05) is 36.4 Å². The molecule has 2 aromatic rings. The molecule has 0 unspecified atom stereocenters. The van der Waals surface area contributed by atoms with Crippen LogP contribution in [0.4, 0.5) is 11.4 Å². The summed E-state index contributed by atoms with van der Waals surface area (Å²) < 4.78 is 0. The summed E-state index contributed by atoms with van der Waals surface area (Å²) in [5.74, 6) is 0. The topological polar surface area (TPSA) is 29.3 Å². The van der Waals surface area contributed by atoms with Crippen molar-refractivity contribution in [1.82, 2.24) is 0 Å². The van der Waals surface area contributed by atoms with Crippen LogP contribution < -0.4 is 10.6 Å². The number of hydrogen-bond donors (Lipinski definition) is 1. The Morgan fingerprint density at radius 1 is 0.810 bits per heavy atom. The number of rotatable bonds is 1. The third-order valence-electron chi connectivity index (χ3n) is 4.98. The highest BCUT2D eigenvalue weighted by Crippen LogP contribution is 2.40. The van der Waals surface area contributed by atoms with Gasteiger partial charge in [-0.15, -0.1) is 0 Å². The Bertz CT molecular complexity index is 602. The number of benzene rings is 2. The van der Waals surface area contributed by atoms with E-state index in [0.29, 0.717) is 12.1 Å². The van der Waals surface area contributed by atoms with Crippen LogP contribution >= 0.6 is 0 Å². The molecular weight excluding hydrogens is 256 g/mol. The number of nitrogens with zero attached hydrogens (tertiary/aromatic N) is 1. The van der Waals surface area contributed by atoms with E-state index >= 15 is 0 Å². The third kappa shape index (κ3) is 2.24. The summed E-state index contributed by atoms with van der Waals surface area (Å²) in [4.78, 5) is 2.57. The zero-order valence-electron chi connectivity index (χ0n) is 12.3. The molecule has 2 atom stereocenters. The molecule has 0 spiro atoms. The van der Waals surface area contributed by atoms with Crippen molar-refractivity contribution in [1.29, 1.82) is 0 Å². The number of fused-ring (bicyclic) bond motifs is 2. The summed E-state index contributed by atoms with van der Waals surface area (Å²) in [7, 11) is 0. The predicted octanol–water partition coefficient (Wildman–Crippen LogP) is 3.80. The van der Waals surface area contributed by atoms with Gasteiger partial charge in [-0.25, -0.2) is 0 Å².